The molecule has 1 saturated heterocycles. The second-order valence-electron chi connectivity index (χ2n) is 7.20. The molecule has 30 heavy (non-hydrogen) atoms. The van der Waals surface area contributed by atoms with Gasteiger partial charge in [-0.15, -0.1) is 0 Å². The van der Waals surface area contributed by atoms with E-state index in [-0.39, 0.29) is 18.3 Å². The van der Waals surface area contributed by atoms with Gasteiger partial charge >= 0.3 is 11.8 Å². The number of hydrogen-bond donors (Lipinski definition) is 1. The minimum absolute atomic E-state index is 0.232. The van der Waals surface area contributed by atoms with Crippen molar-refractivity contribution in [2.75, 3.05) is 13.1 Å². The Morgan fingerprint density at radius 3 is 2.90 bits per heavy atom. The summed E-state index contributed by atoms with van der Waals surface area (Å²) in [5, 5.41) is 22.7. The lowest BCUT2D eigenvalue weighted by molar-refractivity contribution is 0.154. The van der Waals surface area contributed by atoms with Crippen molar-refractivity contribution in [3.8, 4) is 17.5 Å². The van der Waals surface area contributed by atoms with Crippen molar-refractivity contribution in [1.82, 2.24) is 33.6 Å². The largest absolute Gasteiger partial charge is 0.465 e. The van der Waals surface area contributed by atoms with E-state index in [4.69, 9.17) is 0 Å². The van der Waals surface area contributed by atoms with E-state index in [1.165, 1.54) is 9.47 Å². The third kappa shape index (κ3) is 2.54. The minimum atomic E-state index is -0.999. The first kappa shape index (κ1) is 17.9. The molecule has 0 radical (unpaired) electrons. The number of aryl methyl sites for hydroxylation is 1. The molecule has 0 bridgehead atoms. The highest BCUT2D eigenvalue weighted by atomic mass is 16.4. The predicted molar refractivity (Wildman–Crippen MR) is 105 cm³/mol. The fraction of sp³-hybridized carbons (Fsp3) is 0.263. The van der Waals surface area contributed by atoms with Crippen molar-refractivity contribution in [3.63, 3.8) is 0 Å². The Balaban J connectivity index is 1.67. The molecule has 5 rings (SSSR count). The standard InChI is InChI=1S/C19H16N8O3/c1-24-15-9-21-16(13-8-22-26-5-2-11(7-20)6-14(13)26)23-17(15)27(18(24)28)12-3-4-25(10-12)19(29)30/h2,5-6,8-9,12H,3-4,10H2,1H3,(H,29,30). The van der Waals surface area contributed by atoms with Gasteiger partial charge in [0.2, 0.25) is 0 Å². The summed E-state index contributed by atoms with van der Waals surface area (Å²) in [6.07, 6.45) is 4.42. The number of pyridine rings is 1. The Morgan fingerprint density at radius 2 is 2.17 bits per heavy atom. The molecule has 0 aliphatic carbocycles. The number of aromatic nitrogens is 6. The minimum Gasteiger partial charge on any atom is -0.465 e. The second-order valence-corrected chi connectivity index (χ2v) is 7.20. The van der Waals surface area contributed by atoms with Crippen molar-refractivity contribution in [1.29, 1.82) is 5.26 Å². The first-order valence-electron chi connectivity index (χ1n) is 9.27. The zero-order valence-corrected chi connectivity index (χ0v) is 15.9. The number of amides is 1. The van der Waals surface area contributed by atoms with Crippen LogP contribution in [0.25, 0.3) is 28.1 Å². The van der Waals surface area contributed by atoms with Crippen LogP contribution in [0.15, 0.2) is 35.5 Å². The second kappa shape index (κ2) is 6.41. The summed E-state index contributed by atoms with van der Waals surface area (Å²) in [6.45, 7) is 0.599. The van der Waals surface area contributed by atoms with Crippen LogP contribution in [0.5, 0.6) is 0 Å². The lowest BCUT2D eigenvalue weighted by Crippen LogP contribution is -2.30. The normalized spacial score (nSPS) is 16.4. The summed E-state index contributed by atoms with van der Waals surface area (Å²) in [7, 11) is 1.64. The summed E-state index contributed by atoms with van der Waals surface area (Å²) >= 11 is 0. The molecule has 5 heterocycles. The topological polar surface area (TPSA) is 134 Å². The van der Waals surface area contributed by atoms with Crippen LogP contribution < -0.4 is 5.69 Å². The molecule has 0 saturated carbocycles. The fourth-order valence-electron chi connectivity index (χ4n) is 3.94. The molecule has 1 aliphatic heterocycles. The van der Waals surface area contributed by atoms with Crippen molar-refractivity contribution in [2.45, 2.75) is 12.5 Å². The molecule has 0 spiro atoms. The molecule has 1 aliphatic rings. The number of nitrogens with zero attached hydrogens (tertiary/aromatic N) is 8. The highest BCUT2D eigenvalue weighted by Crippen LogP contribution is 2.27. The highest BCUT2D eigenvalue weighted by molar-refractivity contribution is 5.80. The molecule has 1 amide bonds. The zero-order chi connectivity index (χ0) is 21.0. The van der Waals surface area contributed by atoms with Crippen LogP contribution in [0, 0.1) is 11.3 Å². The van der Waals surface area contributed by atoms with Gasteiger partial charge in [-0.25, -0.2) is 24.1 Å². The Labute approximate surface area is 169 Å². The average Bonchev–Trinajstić information content (AvgIpc) is 3.45. The molecular weight excluding hydrogens is 388 g/mol. The van der Waals surface area contributed by atoms with Gasteiger partial charge in [-0.3, -0.25) is 9.13 Å². The molecule has 1 fully saturated rings. The maximum absolute atomic E-state index is 12.9. The van der Waals surface area contributed by atoms with Crippen molar-refractivity contribution in [2.24, 2.45) is 7.05 Å². The summed E-state index contributed by atoms with van der Waals surface area (Å²) < 4.78 is 4.64. The smallest absolute Gasteiger partial charge is 0.407 e. The molecule has 1 N–H and O–H groups in total. The van der Waals surface area contributed by atoms with Gasteiger partial charge in [0, 0.05) is 26.3 Å². The molecular formula is C19H16N8O3. The molecule has 4 aromatic heterocycles. The first-order valence-corrected chi connectivity index (χ1v) is 9.27. The molecule has 1 unspecified atom stereocenters. The molecule has 1 atom stereocenters. The van der Waals surface area contributed by atoms with Gasteiger partial charge in [0.15, 0.2) is 11.5 Å². The number of fused-ring (bicyclic) bond motifs is 2. The monoisotopic (exact) mass is 404 g/mol. The van der Waals surface area contributed by atoms with Gasteiger partial charge in [-0.05, 0) is 18.6 Å². The van der Waals surface area contributed by atoms with Gasteiger partial charge in [-0.1, -0.05) is 0 Å². The number of carbonyl (C=O) groups is 1. The van der Waals surface area contributed by atoms with E-state index in [0.717, 1.165) is 0 Å². The van der Waals surface area contributed by atoms with Crippen LogP contribution in [0.1, 0.15) is 18.0 Å². The lowest BCUT2D eigenvalue weighted by Gasteiger charge is -2.13. The number of rotatable bonds is 2. The van der Waals surface area contributed by atoms with Crippen molar-refractivity contribution >= 4 is 22.8 Å². The van der Waals surface area contributed by atoms with Gasteiger partial charge in [0.1, 0.15) is 5.52 Å². The maximum Gasteiger partial charge on any atom is 0.407 e. The molecule has 4 aromatic rings. The van der Waals surface area contributed by atoms with Gasteiger partial charge < -0.3 is 10.0 Å². The molecule has 0 aromatic carbocycles. The van der Waals surface area contributed by atoms with Crippen molar-refractivity contribution in [3.05, 3.63) is 46.8 Å². The highest BCUT2D eigenvalue weighted by Gasteiger charge is 2.30. The summed E-state index contributed by atoms with van der Waals surface area (Å²) in [5.41, 5.74) is 2.54. The average molecular weight is 404 g/mol. The van der Waals surface area contributed by atoms with E-state index in [1.54, 1.807) is 46.9 Å². The summed E-state index contributed by atoms with van der Waals surface area (Å²) in [5.74, 6) is 0.375. The molecule has 150 valence electrons. The Kier molecular flexibility index (Phi) is 3.82. The van der Waals surface area contributed by atoms with Crippen LogP contribution in [0.3, 0.4) is 0 Å². The lowest BCUT2D eigenvalue weighted by atomic mass is 10.2. The van der Waals surface area contributed by atoms with Crippen molar-refractivity contribution < 1.29 is 9.90 Å². The van der Waals surface area contributed by atoms with Crippen LogP contribution >= 0.6 is 0 Å². The summed E-state index contributed by atoms with van der Waals surface area (Å²) in [6, 6.07) is 5.17. The number of imidazole rings is 1. The van der Waals surface area contributed by atoms with E-state index in [1.807, 2.05) is 0 Å². The maximum atomic E-state index is 12.9. The third-order valence-electron chi connectivity index (χ3n) is 5.52. The van der Waals surface area contributed by atoms with E-state index < -0.39 is 6.09 Å². The number of nitriles is 1. The van der Waals surface area contributed by atoms with Gasteiger partial charge in [-0.2, -0.15) is 10.4 Å². The van der Waals surface area contributed by atoms with E-state index in [2.05, 4.69) is 21.1 Å². The van der Waals surface area contributed by atoms with E-state index in [0.29, 0.717) is 46.6 Å². The van der Waals surface area contributed by atoms with E-state index in [9.17, 15) is 20.0 Å². The zero-order valence-electron chi connectivity index (χ0n) is 15.9. The predicted octanol–water partition coefficient (Wildman–Crippen LogP) is 1.24. The van der Waals surface area contributed by atoms with Gasteiger partial charge in [0.25, 0.3) is 0 Å². The Hall–Kier alpha value is -4.20. The summed E-state index contributed by atoms with van der Waals surface area (Å²) in [4.78, 5) is 34.5. The number of hydrogen-bond acceptors (Lipinski definition) is 6. The number of likely N-dealkylation sites (tertiary alicyclic amines) is 1. The Bertz CT molecular complexity index is 1420. The molecule has 11 nitrogen and oxygen atoms in total. The van der Waals surface area contributed by atoms with Crippen LogP contribution in [0.4, 0.5) is 4.79 Å². The quantitative estimate of drug-likeness (QED) is 0.531. The third-order valence-corrected chi connectivity index (χ3v) is 5.52. The van der Waals surface area contributed by atoms with E-state index >= 15 is 0 Å². The Morgan fingerprint density at radius 1 is 1.33 bits per heavy atom. The van der Waals surface area contributed by atoms with Crippen LogP contribution in [-0.4, -0.2) is 57.9 Å². The fourth-order valence-corrected chi connectivity index (χ4v) is 3.94. The first-order chi connectivity index (χ1) is 14.5. The van der Waals surface area contributed by atoms with Gasteiger partial charge in [0.05, 0.1) is 41.1 Å². The van der Waals surface area contributed by atoms with Crippen LogP contribution in [-0.2, 0) is 7.05 Å². The number of carboxylic acid groups (broad SMARTS) is 1. The van der Waals surface area contributed by atoms with Crippen LogP contribution in [0.2, 0.25) is 0 Å². The SMILES string of the molecule is Cn1c(=O)n(C2CCN(C(=O)O)C2)c2nc(-c3cnn4ccc(C#N)cc34)ncc21. The molecule has 11 heteroatoms.